The molecule has 0 radical (unpaired) electrons. The lowest BCUT2D eigenvalue weighted by Crippen LogP contribution is -2.02. The Bertz CT molecular complexity index is 1050. The van der Waals surface area contributed by atoms with Crippen LogP contribution < -0.4 is 0 Å². The van der Waals surface area contributed by atoms with Gasteiger partial charge in [0.2, 0.25) is 5.78 Å². The van der Waals surface area contributed by atoms with E-state index in [1.54, 1.807) is 30.3 Å². The van der Waals surface area contributed by atoms with E-state index in [0.29, 0.717) is 21.8 Å². The first kappa shape index (κ1) is 15.5. The number of nitrogens with one attached hydrogen (secondary N) is 1. The van der Waals surface area contributed by atoms with Crippen molar-refractivity contribution in [3.63, 3.8) is 0 Å². The van der Waals surface area contributed by atoms with E-state index in [2.05, 4.69) is 9.97 Å². The summed E-state index contributed by atoms with van der Waals surface area (Å²) in [5.74, 6) is -0.129. The van der Waals surface area contributed by atoms with E-state index >= 15 is 0 Å². The molecule has 0 fully saturated rings. The molecule has 0 unspecified atom stereocenters. The Balaban J connectivity index is 1.89. The molecular weight excluding hydrogens is 335 g/mol. The molecule has 3 nitrogen and oxygen atoms in total. The van der Waals surface area contributed by atoms with Crippen LogP contribution in [0.2, 0.25) is 0 Å². The van der Waals surface area contributed by atoms with Crippen molar-refractivity contribution in [2.75, 3.05) is 0 Å². The van der Waals surface area contributed by atoms with Gasteiger partial charge in [-0.25, -0.2) is 9.37 Å². The van der Waals surface area contributed by atoms with Gasteiger partial charge in [-0.15, -0.1) is 11.3 Å². The minimum atomic E-state index is -0.380. The number of thiophene rings is 1. The van der Waals surface area contributed by atoms with Gasteiger partial charge in [-0.3, -0.25) is 4.79 Å². The van der Waals surface area contributed by atoms with Crippen molar-refractivity contribution in [3.05, 3.63) is 88.1 Å². The molecule has 4 rings (SSSR count). The van der Waals surface area contributed by atoms with Gasteiger partial charge in [0.05, 0.1) is 21.5 Å². The maximum Gasteiger partial charge on any atom is 0.206 e. The van der Waals surface area contributed by atoms with Gasteiger partial charge in [0, 0.05) is 5.56 Å². The fraction of sp³-hybridized carbons (Fsp3) is 0. The Morgan fingerprint density at radius 2 is 1.84 bits per heavy atom. The minimum absolute atomic E-state index is 0.183. The zero-order chi connectivity index (χ0) is 17.2. The molecule has 2 aromatic carbocycles. The van der Waals surface area contributed by atoms with E-state index < -0.39 is 0 Å². The molecule has 2 heterocycles. The number of para-hydroxylation sites is 2. The highest BCUT2D eigenvalue weighted by molar-refractivity contribution is 7.12. The topological polar surface area (TPSA) is 45.8 Å². The minimum Gasteiger partial charge on any atom is -0.338 e. The molecule has 0 aliphatic carbocycles. The van der Waals surface area contributed by atoms with E-state index in [9.17, 15) is 9.18 Å². The molecule has 4 aromatic rings. The Morgan fingerprint density at radius 3 is 2.60 bits per heavy atom. The summed E-state index contributed by atoms with van der Waals surface area (Å²) >= 11 is 1.35. The van der Waals surface area contributed by atoms with Gasteiger partial charge >= 0.3 is 0 Å². The summed E-state index contributed by atoms with van der Waals surface area (Å²) < 4.78 is 14.1. The Hall–Kier alpha value is -3.05. The number of carbonyl (C=O) groups excluding carboxylic acids is 1. The quantitative estimate of drug-likeness (QED) is 0.408. The Morgan fingerprint density at radius 1 is 1.04 bits per heavy atom. The average molecular weight is 348 g/mol. The molecule has 0 amide bonds. The maximum absolute atomic E-state index is 14.1. The van der Waals surface area contributed by atoms with Gasteiger partial charge in [0.25, 0.3) is 0 Å². The number of hydrogen-bond acceptors (Lipinski definition) is 3. The molecule has 0 atom stereocenters. The van der Waals surface area contributed by atoms with Gasteiger partial charge in [0.1, 0.15) is 11.6 Å². The smallest absolute Gasteiger partial charge is 0.206 e. The molecule has 122 valence electrons. The highest BCUT2D eigenvalue weighted by Crippen LogP contribution is 2.26. The van der Waals surface area contributed by atoms with Gasteiger partial charge in [0.15, 0.2) is 0 Å². The molecule has 0 aliphatic heterocycles. The molecule has 5 heteroatoms. The number of nitrogens with zero attached hydrogens (tertiary/aromatic N) is 1. The van der Waals surface area contributed by atoms with E-state index in [4.69, 9.17) is 0 Å². The number of fused-ring (bicyclic) bond motifs is 1. The molecule has 1 N–H and O–H groups in total. The number of ketones is 1. The fourth-order valence-corrected chi connectivity index (χ4v) is 3.29. The van der Waals surface area contributed by atoms with Crippen LogP contribution in [0.15, 0.2) is 66.0 Å². The second-order valence-corrected chi connectivity index (χ2v) is 6.44. The van der Waals surface area contributed by atoms with Crippen LogP contribution in [0.1, 0.15) is 21.1 Å². The molecule has 25 heavy (non-hydrogen) atoms. The van der Waals surface area contributed by atoms with Crippen LogP contribution in [0.25, 0.3) is 22.7 Å². The van der Waals surface area contributed by atoms with E-state index in [-0.39, 0.29) is 11.6 Å². The predicted octanol–water partition coefficient (Wildman–Crippen LogP) is 5.19. The zero-order valence-electron chi connectivity index (χ0n) is 13.1. The lowest BCUT2D eigenvalue weighted by atomic mass is 10.0. The number of benzene rings is 2. The third-order valence-electron chi connectivity index (χ3n) is 3.84. The number of Topliss-reactive ketones (excluding diaryl/α,β-unsaturated/α-hetero) is 1. The van der Waals surface area contributed by atoms with E-state index in [1.165, 1.54) is 17.4 Å². The predicted molar refractivity (Wildman–Crippen MR) is 99.0 cm³/mol. The van der Waals surface area contributed by atoms with Gasteiger partial charge < -0.3 is 4.98 Å². The van der Waals surface area contributed by atoms with Gasteiger partial charge in [-0.2, -0.15) is 0 Å². The van der Waals surface area contributed by atoms with Crippen molar-refractivity contribution < 1.29 is 9.18 Å². The summed E-state index contributed by atoms with van der Waals surface area (Å²) in [6.07, 6.45) is 1.55. The van der Waals surface area contributed by atoms with Crippen molar-refractivity contribution in [2.45, 2.75) is 0 Å². The summed E-state index contributed by atoms with van der Waals surface area (Å²) in [6, 6.07) is 17.5. The number of allylic oxidation sites excluding steroid dienone is 1. The van der Waals surface area contributed by atoms with Crippen molar-refractivity contribution in [2.24, 2.45) is 0 Å². The SMILES string of the molecule is O=C(C(=Cc1ccccc1F)c1nc2ccccc2[nH]1)c1cccs1. The number of carbonyl (C=O) groups is 1. The first-order valence-corrected chi connectivity index (χ1v) is 8.60. The molecule has 0 bridgehead atoms. The third kappa shape index (κ3) is 3.02. The van der Waals surface area contributed by atoms with Crippen LogP contribution in [0.5, 0.6) is 0 Å². The summed E-state index contributed by atoms with van der Waals surface area (Å²) in [5, 5.41) is 1.84. The van der Waals surface area contributed by atoms with Crippen LogP contribution in [0, 0.1) is 5.82 Å². The largest absolute Gasteiger partial charge is 0.338 e. The monoisotopic (exact) mass is 348 g/mol. The lowest BCUT2D eigenvalue weighted by Gasteiger charge is -2.04. The van der Waals surface area contributed by atoms with Crippen molar-refractivity contribution >= 4 is 39.8 Å². The normalized spacial score (nSPS) is 11.8. The number of imidazole rings is 1. The van der Waals surface area contributed by atoms with Crippen molar-refractivity contribution in [3.8, 4) is 0 Å². The number of H-pyrrole nitrogens is 1. The van der Waals surface area contributed by atoms with Crippen LogP contribution in [-0.2, 0) is 0 Å². The van der Waals surface area contributed by atoms with Crippen LogP contribution in [0.3, 0.4) is 0 Å². The molecule has 0 saturated carbocycles. The second kappa shape index (κ2) is 6.45. The average Bonchev–Trinajstić information content (AvgIpc) is 3.30. The summed E-state index contributed by atoms with van der Waals surface area (Å²) in [5.41, 5.74) is 2.28. The second-order valence-electron chi connectivity index (χ2n) is 5.49. The first-order valence-electron chi connectivity index (χ1n) is 7.72. The first-order chi connectivity index (χ1) is 12.2. The summed E-state index contributed by atoms with van der Waals surface area (Å²) in [7, 11) is 0. The zero-order valence-corrected chi connectivity index (χ0v) is 13.9. The molecule has 2 aromatic heterocycles. The summed E-state index contributed by atoms with van der Waals surface area (Å²) in [6.45, 7) is 0. The maximum atomic E-state index is 14.1. The van der Waals surface area contributed by atoms with E-state index in [1.807, 2.05) is 35.7 Å². The van der Waals surface area contributed by atoms with Crippen LogP contribution >= 0.6 is 11.3 Å². The molecule has 0 aliphatic rings. The number of aromatic amines is 1. The standard InChI is InChI=1S/C20H13FN2OS/c21-15-7-2-1-6-13(15)12-14(19(24)18-10-5-11-25-18)20-22-16-8-3-4-9-17(16)23-20/h1-12H,(H,22,23). The molecular formula is C20H13FN2OS. The number of aromatic nitrogens is 2. The highest BCUT2D eigenvalue weighted by atomic mass is 32.1. The Labute approximate surface area is 147 Å². The number of halogens is 1. The van der Waals surface area contributed by atoms with E-state index in [0.717, 1.165) is 11.0 Å². The van der Waals surface area contributed by atoms with Gasteiger partial charge in [-0.05, 0) is 35.7 Å². The van der Waals surface area contributed by atoms with Crippen molar-refractivity contribution in [1.82, 2.24) is 9.97 Å². The van der Waals surface area contributed by atoms with Crippen molar-refractivity contribution in [1.29, 1.82) is 0 Å². The number of hydrogen-bond donors (Lipinski definition) is 1. The molecule has 0 spiro atoms. The Kier molecular flexibility index (Phi) is 3.99. The lowest BCUT2D eigenvalue weighted by molar-refractivity contribution is 0.106. The third-order valence-corrected chi connectivity index (χ3v) is 4.71. The number of rotatable bonds is 4. The summed E-state index contributed by atoms with van der Waals surface area (Å²) in [4.78, 5) is 21.2. The van der Waals surface area contributed by atoms with Crippen LogP contribution in [-0.4, -0.2) is 15.8 Å². The fourth-order valence-electron chi connectivity index (χ4n) is 2.61. The van der Waals surface area contributed by atoms with Crippen LogP contribution in [0.4, 0.5) is 4.39 Å². The van der Waals surface area contributed by atoms with Gasteiger partial charge in [-0.1, -0.05) is 36.4 Å². The molecule has 0 saturated heterocycles. The highest BCUT2D eigenvalue weighted by Gasteiger charge is 2.19.